The van der Waals surface area contributed by atoms with Gasteiger partial charge in [0.15, 0.2) is 0 Å². The van der Waals surface area contributed by atoms with Crippen LogP contribution in [0.25, 0.3) is 0 Å². The molecular formula is C11H23FO2. The van der Waals surface area contributed by atoms with Crippen LogP contribution < -0.4 is 0 Å². The molecule has 4 unspecified atom stereocenters. The zero-order valence-corrected chi connectivity index (χ0v) is 9.66. The minimum absolute atomic E-state index is 0.156. The zero-order valence-electron chi connectivity index (χ0n) is 9.66. The first-order chi connectivity index (χ1) is 6.61. The minimum Gasteiger partial charge on any atom is -0.393 e. The van der Waals surface area contributed by atoms with Gasteiger partial charge < -0.3 is 9.90 Å². The molecule has 0 aromatic carbocycles. The van der Waals surface area contributed by atoms with Crippen LogP contribution in [-0.4, -0.2) is 24.2 Å². The van der Waals surface area contributed by atoms with Gasteiger partial charge in [0, 0.05) is 5.92 Å². The molecule has 0 aromatic rings. The first-order valence-electron chi connectivity index (χ1n) is 5.22. The average Bonchev–Trinajstić information content (AvgIpc) is 2.20. The van der Waals surface area contributed by atoms with Crippen molar-refractivity contribution in [1.29, 1.82) is 0 Å². The smallest absolute Gasteiger partial charge is 0.106 e. The lowest BCUT2D eigenvalue weighted by molar-refractivity contribution is -0.0979. The van der Waals surface area contributed by atoms with Crippen LogP contribution in [0.4, 0.5) is 4.39 Å². The standard InChI is InChI=1S/C8H15FO.C2H6.CH2O/c1-5-3-7(9)6(2)8(10)4-5;2*1-2/h5-8,10H,3-4H2,1-2H3;1-2H3;1H2. The van der Waals surface area contributed by atoms with Gasteiger partial charge in [-0.3, -0.25) is 0 Å². The second-order valence-corrected chi connectivity index (χ2v) is 3.52. The highest BCUT2D eigenvalue weighted by Gasteiger charge is 2.31. The molecule has 4 atom stereocenters. The van der Waals surface area contributed by atoms with Gasteiger partial charge in [-0.15, -0.1) is 0 Å². The third-order valence-electron chi connectivity index (χ3n) is 2.45. The van der Waals surface area contributed by atoms with E-state index in [0.717, 1.165) is 6.42 Å². The number of halogens is 1. The molecule has 0 aromatic heterocycles. The Morgan fingerprint density at radius 3 is 2.00 bits per heavy atom. The maximum absolute atomic E-state index is 12.9. The summed E-state index contributed by atoms with van der Waals surface area (Å²) < 4.78 is 12.9. The van der Waals surface area contributed by atoms with Crippen molar-refractivity contribution in [2.24, 2.45) is 11.8 Å². The van der Waals surface area contributed by atoms with E-state index in [4.69, 9.17) is 4.79 Å². The zero-order chi connectivity index (χ0) is 11.7. The molecule has 1 aliphatic rings. The molecule has 14 heavy (non-hydrogen) atoms. The van der Waals surface area contributed by atoms with Crippen molar-refractivity contribution >= 4 is 6.79 Å². The molecule has 3 heteroatoms. The molecule has 1 aliphatic carbocycles. The summed E-state index contributed by atoms with van der Waals surface area (Å²) in [6.45, 7) is 9.77. The molecule has 1 N–H and O–H groups in total. The van der Waals surface area contributed by atoms with Crippen LogP contribution in [0.2, 0.25) is 0 Å². The quantitative estimate of drug-likeness (QED) is 0.661. The molecule has 0 bridgehead atoms. The molecule has 0 aliphatic heterocycles. The lowest BCUT2D eigenvalue weighted by Gasteiger charge is -2.31. The summed E-state index contributed by atoms with van der Waals surface area (Å²) in [5, 5.41) is 9.28. The number of alkyl halides is 1. The van der Waals surface area contributed by atoms with Gasteiger partial charge in [0.05, 0.1) is 6.10 Å². The van der Waals surface area contributed by atoms with E-state index in [1.54, 1.807) is 6.92 Å². The summed E-state index contributed by atoms with van der Waals surface area (Å²) in [6, 6.07) is 0. The molecule has 0 saturated heterocycles. The number of hydrogen-bond acceptors (Lipinski definition) is 2. The summed E-state index contributed by atoms with van der Waals surface area (Å²) in [5.41, 5.74) is 0. The normalized spacial score (nSPS) is 35.9. The van der Waals surface area contributed by atoms with Gasteiger partial charge in [0.2, 0.25) is 0 Å². The molecule has 0 heterocycles. The monoisotopic (exact) mass is 206 g/mol. The summed E-state index contributed by atoms with van der Waals surface area (Å²) in [4.78, 5) is 8.00. The number of carbonyl (C=O) groups excluding carboxylic acids is 1. The van der Waals surface area contributed by atoms with E-state index in [-0.39, 0.29) is 5.92 Å². The third kappa shape index (κ3) is 5.32. The molecular weight excluding hydrogens is 183 g/mol. The van der Waals surface area contributed by atoms with Crippen molar-refractivity contribution < 1.29 is 14.3 Å². The highest BCUT2D eigenvalue weighted by Crippen LogP contribution is 2.30. The van der Waals surface area contributed by atoms with E-state index in [1.165, 1.54) is 0 Å². The van der Waals surface area contributed by atoms with E-state index in [0.29, 0.717) is 12.3 Å². The van der Waals surface area contributed by atoms with E-state index in [1.807, 2.05) is 27.6 Å². The third-order valence-corrected chi connectivity index (χ3v) is 2.45. The Balaban J connectivity index is 0. The first-order valence-corrected chi connectivity index (χ1v) is 5.22. The Labute approximate surface area is 86.5 Å². The summed E-state index contributed by atoms with van der Waals surface area (Å²) in [7, 11) is 0. The fourth-order valence-electron chi connectivity index (χ4n) is 1.56. The van der Waals surface area contributed by atoms with Crippen LogP contribution in [0, 0.1) is 11.8 Å². The largest absolute Gasteiger partial charge is 0.393 e. The van der Waals surface area contributed by atoms with E-state index < -0.39 is 12.3 Å². The van der Waals surface area contributed by atoms with Crippen molar-refractivity contribution in [2.45, 2.75) is 52.8 Å². The molecule has 2 nitrogen and oxygen atoms in total. The van der Waals surface area contributed by atoms with Crippen LogP contribution in [0.1, 0.15) is 40.5 Å². The van der Waals surface area contributed by atoms with Crippen LogP contribution in [0.3, 0.4) is 0 Å². The fraction of sp³-hybridized carbons (Fsp3) is 0.909. The summed E-state index contributed by atoms with van der Waals surface area (Å²) >= 11 is 0. The molecule has 1 rings (SSSR count). The predicted octanol–water partition coefficient (Wildman–Crippen LogP) is 2.59. The molecule has 0 radical (unpaired) electrons. The Kier molecular flexibility index (Phi) is 10.4. The van der Waals surface area contributed by atoms with Gasteiger partial charge in [-0.1, -0.05) is 27.7 Å². The van der Waals surface area contributed by atoms with Gasteiger partial charge in [-0.05, 0) is 18.8 Å². The lowest BCUT2D eigenvalue weighted by atomic mass is 9.80. The second-order valence-electron chi connectivity index (χ2n) is 3.52. The summed E-state index contributed by atoms with van der Waals surface area (Å²) in [5.74, 6) is 0.192. The van der Waals surface area contributed by atoms with Gasteiger partial charge in [0.1, 0.15) is 13.0 Å². The highest BCUT2D eigenvalue weighted by atomic mass is 19.1. The van der Waals surface area contributed by atoms with Crippen LogP contribution in [0.5, 0.6) is 0 Å². The van der Waals surface area contributed by atoms with Gasteiger partial charge >= 0.3 is 0 Å². The SMILES string of the molecule is C=O.CC.CC1CC(O)C(C)C(F)C1. The molecule has 1 saturated carbocycles. The number of aliphatic hydroxyl groups excluding tert-OH is 1. The topological polar surface area (TPSA) is 37.3 Å². The van der Waals surface area contributed by atoms with Gasteiger partial charge in [-0.2, -0.15) is 0 Å². The van der Waals surface area contributed by atoms with Crippen molar-refractivity contribution in [3.8, 4) is 0 Å². The molecule has 86 valence electrons. The van der Waals surface area contributed by atoms with Crippen LogP contribution in [0.15, 0.2) is 0 Å². The minimum atomic E-state index is -0.793. The summed E-state index contributed by atoms with van der Waals surface area (Å²) in [6.07, 6.45) is 0.178. The Hall–Kier alpha value is -0.440. The van der Waals surface area contributed by atoms with Crippen molar-refractivity contribution in [2.75, 3.05) is 0 Å². The van der Waals surface area contributed by atoms with E-state index in [9.17, 15) is 9.50 Å². The fourth-order valence-corrected chi connectivity index (χ4v) is 1.56. The van der Waals surface area contributed by atoms with Crippen molar-refractivity contribution in [3.05, 3.63) is 0 Å². The van der Waals surface area contributed by atoms with Crippen LogP contribution in [-0.2, 0) is 4.79 Å². The highest BCUT2D eigenvalue weighted by molar-refractivity contribution is 5.10. The molecule has 1 fully saturated rings. The second kappa shape index (κ2) is 9.13. The lowest BCUT2D eigenvalue weighted by Crippen LogP contribution is -2.34. The average molecular weight is 206 g/mol. The molecule has 0 amide bonds. The van der Waals surface area contributed by atoms with Gasteiger partial charge in [-0.25, -0.2) is 4.39 Å². The number of aliphatic hydroxyl groups is 1. The predicted molar refractivity (Wildman–Crippen MR) is 56.9 cm³/mol. The maximum atomic E-state index is 12.9. The van der Waals surface area contributed by atoms with Crippen molar-refractivity contribution in [1.82, 2.24) is 0 Å². The van der Waals surface area contributed by atoms with Gasteiger partial charge in [0.25, 0.3) is 0 Å². The van der Waals surface area contributed by atoms with E-state index in [2.05, 4.69) is 0 Å². The maximum Gasteiger partial charge on any atom is 0.106 e. The molecule has 0 spiro atoms. The number of hydrogen-bond donors (Lipinski definition) is 1. The number of carbonyl (C=O) groups is 1. The number of rotatable bonds is 0. The van der Waals surface area contributed by atoms with Crippen LogP contribution >= 0.6 is 0 Å². The Morgan fingerprint density at radius 1 is 1.21 bits per heavy atom. The first kappa shape index (κ1) is 16.0. The Bertz CT molecular complexity index is 118. The van der Waals surface area contributed by atoms with Crippen molar-refractivity contribution in [3.63, 3.8) is 0 Å². The Morgan fingerprint density at radius 2 is 1.64 bits per heavy atom. The van der Waals surface area contributed by atoms with E-state index >= 15 is 0 Å².